The van der Waals surface area contributed by atoms with Gasteiger partial charge in [-0.1, -0.05) is 29.8 Å². The zero-order valence-electron chi connectivity index (χ0n) is 21.5. The Hall–Kier alpha value is -3.98. The van der Waals surface area contributed by atoms with Crippen molar-refractivity contribution >= 4 is 40.3 Å². The summed E-state index contributed by atoms with van der Waals surface area (Å²) in [7, 11) is 0. The average molecular weight is 533 g/mol. The van der Waals surface area contributed by atoms with Crippen LogP contribution in [0.1, 0.15) is 50.0 Å². The van der Waals surface area contributed by atoms with Gasteiger partial charge in [-0.3, -0.25) is 14.5 Å². The molecule has 2 amide bonds. The summed E-state index contributed by atoms with van der Waals surface area (Å²) in [6, 6.07) is 12.5. The van der Waals surface area contributed by atoms with Crippen LogP contribution in [0.4, 0.5) is 10.6 Å². The van der Waals surface area contributed by atoms with Crippen LogP contribution in [-0.4, -0.2) is 55.3 Å². The maximum absolute atomic E-state index is 12.8. The number of fused-ring (bicyclic) bond motifs is 1. The lowest BCUT2D eigenvalue weighted by Gasteiger charge is -2.34. The largest absolute Gasteiger partial charge is 0.444 e. The molecule has 1 atom stereocenters. The third kappa shape index (κ3) is 5.47. The van der Waals surface area contributed by atoms with Gasteiger partial charge in [0.15, 0.2) is 0 Å². The minimum absolute atomic E-state index is 0.0733. The van der Waals surface area contributed by atoms with E-state index in [4.69, 9.17) is 21.4 Å². The van der Waals surface area contributed by atoms with Gasteiger partial charge >= 0.3 is 6.09 Å². The number of piperidine rings is 1. The van der Waals surface area contributed by atoms with Crippen LogP contribution in [0.25, 0.3) is 22.2 Å². The molecule has 1 saturated heterocycles. The number of anilines is 1. The highest BCUT2D eigenvalue weighted by Crippen LogP contribution is 2.35. The van der Waals surface area contributed by atoms with E-state index >= 15 is 0 Å². The Morgan fingerprint density at radius 3 is 2.61 bits per heavy atom. The maximum atomic E-state index is 12.8. The molecule has 4 heterocycles. The fraction of sp³-hybridized carbons (Fsp3) is 0.321. The van der Waals surface area contributed by atoms with Gasteiger partial charge in [0.25, 0.3) is 5.91 Å². The summed E-state index contributed by atoms with van der Waals surface area (Å²) in [6.45, 7) is 6.69. The fourth-order valence-corrected chi connectivity index (χ4v) is 4.82. The predicted molar refractivity (Wildman–Crippen MR) is 146 cm³/mol. The molecule has 0 bridgehead atoms. The molecular weight excluding hydrogens is 504 g/mol. The normalized spacial score (nSPS) is 15.9. The Morgan fingerprint density at radius 2 is 1.89 bits per heavy atom. The van der Waals surface area contributed by atoms with Gasteiger partial charge in [0.05, 0.1) is 16.6 Å². The number of benzene rings is 1. The second-order valence-electron chi connectivity index (χ2n) is 10.3. The van der Waals surface area contributed by atoms with Crippen LogP contribution < -0.4 is 5.32 Å². The molecule has 0 aliphatic carbocycles. The van der Waals surface area contributed by atoms with Crippen LogP contribution in [0.3, 0.4) is 0 Å². The summed E-state index contributed by atoms with van der Waals surface area (Å²) in [5.74, 6) is 0.236. The number of halogens is 1. The van der Waals surface area contributed by atoms with Crippen molar-refractivity contribution in [2.24, 2.45) is 0 Å². The summed E-state index contributed by atoms with van der Waals surface area (Å²) >= 11 is 6.62. The molecule has 5 rings (SSSR count). The van der Waals surface area contributed by atoms with E-state index in [-0.39, 0.29) is 18.0 Å². The summed E-state index contributed by atoms with van der Waals surface area (Å²) < 4.78 is 7.51. The lowest BCUT2D eigenvalue weighted by Crippen LogP contribution is -2.43. The van der Waals surface area contributed by atoms with Gasteiger partial charge in [-0.2, -0.15) is 5.10 Å². The van der Waals surface area contributed by atoms with Crippen molar-refractivity contribution in [3.8, 4) is 11.3 Å². The summed E-state index contributed by atoms with van der Waals surface area (Å²) in [5.41, 5.74) is 2.24. The van der Waals surface area contributed by atoms with Crippen LogP contribution in [0.2, 0.25) is 5.02 Å². The summed E-state index contributed by atoms with van der Waals surface area (Å²) in [6.07, 6.45) is 6.32. The molecule has 1 aliphatic heterocycles. The van der Waals surface area contributed by atoms with Crippen LogP contribution in [0.15, 0.2) is 61.1 Å². The van der Waals surface area contributed by atoms with Gasteiger partial charge < -0.3 is 15.0 Å². The van der Waals surface area contributed by atoms with Crippen molar-refractivity contribution < 1.29 is 14.3 Å². The molecule has 0 spiro atoms. The number of pyridine rings is 2. The number of amides is 2. The molecule has 1 N–H and O–H groups in total. The highest BCUT2D eigenvalue weighted by atomic mass is 35.5. The number of ether oxygens (including phenoxy) is 1. The Kier molecular flexibility index (Phi) is 7.03. The molecule has 0 unspecified atom stereocenters. The summed E-state index contributed by atoms with van der Waals surface area (Å²) in [5, 5.41) is 9.04. The Balaban J connectivity index is 1.43. The molecule has 0 saturated carbocycles. The maximum Gasteiger partial charge on any atom is 0.410 e. The van der Waals surface area contributed by atoms with Gasteiger partial charge in [-0.05, 0) is 57.9 Å². The van der Waals surface area contributed by atoms with Gasteiger partial charge in [0, 0.05) is 48.2 Å². The SMILES string of the molecule is CC(C)(C)OC(=O)N1CCC[C@@H](n2nc(-c3ccc(C(=O)Nc4ccccn4)cc3)c3cncc(Cl)c32)C1. The third-order valence-electron chi connectivity index (χ3n) is 6.29. The highest BCUT2D eigenvalue weighted by molar-refractivity contribution is 6.35. The van der Waals surface area contributed by atoms with E-state index in [1.807, 2.05) is 43.7 Å². The van der Waals surface area contributed by atoms with Crippen molar-refractivity contribution in [2.45, 2.75) is 45.3 Å². The van der Waals surface area contributed by atoms with Gasteiger partial charge in [-0.25, -0.2) is 9.78 Å². The molecule has 1 aliphatic rings. The minimum Gasteiger partial charge on any atom is -0.444 e. The van der Waals surface area contributed by atoms with Crippen LogP contribution in [0.5, 0.6) is 0 Å². The number of carbonyl (C=O) groups excluding carboxylic acids is 2. The number of hydrogen-bond acceptors (Lipinski definition) is 6. The Bertz CT molecular complexity index is 1460. The van der Waals surface area contributed by atoms with Crippen LogP contribution >= 0.6 is 11.6 Å². The van der Waals surface area contributed by atoms with Crippen molar-refractivity contribution in [3.05, 3.63) is 71.6 Å². The average Bonchev–Trinajstić information content (AvgIpc) is 3.29. The summed E-state index contributed by atoms with van der Waals surface area (Å²) in [4.78, 5) is 35.6. The van der Waals surface area contributed by atoms with Crippen LogP contribution in [0, 0.1) is 0 Å². The first kappa shape index (κ1) is 25.7. The zero-order valence-corrected chi connectivity index (χ0v) is 22.3. The lowest BCUT2D eigenvalue weighted by molar-refractivity contribution is 0.0169. The van der Waals surface area contributed by atoms with E-state index in [9.17, 15) is 9.59 Å². The first-order valence-electron chi connectivity index (χ1n) is 12.5. The minimum atomic E-state index is -0.564. The van der Waals surface area contributed by atoms with E-state index in [1.54, 1.807) is 47.8 Å². The third-order valence-corrected chi connectivity index (χ3v) is 6.56. The van der Waals surface area contributed by atoms with E-state index in [1.165, 1.54) is 0 Å². The zero-order chi connectivity index (χ0) is 26.9. The lowest BCUT2D eigenvalue weighted by atomic mass is 10.1. The van der Waals surface area contributed by atoms with Gasteiger partial charge in [0.2, 0.25) is 0 Å². The van der Waals surface area contributed by atoms with E-state index in [0.29, 0.717) is 35.2 Å². The highest BCUT2D eigenvalue weighted by Gasteiger charge is 2.30. The predicted octanol–water partition coefficient (Wildman–Crippen LogP) is 5.97. The Morgan fingerprint density at radius 1 is 1.11 bits per heavy atom. The van der Waals surface area contributed by atoms with Crippen LogP contribution in [-0.2, 0) is 4.74 Å². The molecular formula is C28H29ClN6O3. The topological polar surface area (TPSA) is 102 Å². The monoisotopic (exact) mass is 532 g/mol. The quantitative estimate of drug-likeness (QED) is 0.347. The molecule has 3 aromatic heterocycles. The second kappa shape index (κ2) is 10.4. The smallest absolute Gasteiger partial charge is 0.410 e. The molecule has 9 nitrogen and oxygen atoms in total. The number of nitrogens with zero attached hydrogens (tertiary/aromatic N) is 5. The molecule has 1 fully saturated rings. The molecule has 38 heavy (non-hydrogen) atoms. The van der Waals surface area contributed by atoms with E-state index in [2.05, 4.69) is 15.3 Å². The van der Waals surface area contributed by atoms with E-state index < -0.39 is 5.60 Å². The molecule has 10 heteroatoms. The second-order valence-corrected chi connectivity index (χ2v) is 10.7. The number of carbonyl (C=O) groups is 2. The van der Waals surface area contributed by atoms with Crippen molar-refractivity contribution in [1.82, 2.24) is 24.6 Å². The fourth-order valence-electron chi connectivity index (χ4n) is 4.57. The van der Waals surface area contributed by atoms with Crippen molar-refractivity contribution in [2.75, 3.05) is 18.4 Å². The number of likely N-dealkylation sites (tertiary alicyclic amines) is 1. The number of nitrogens with one attached hydrogen (secondary N) is 1. The van der Waals surface area contributed by atoms with Crippen molar-refractivity contribution in [3.63, 3.8) is 0 Å². The van der Waals surface area contributed by atoms with Gasteiger partial charge in [-0.15, -0.1) is 0 Å². The van der Waals surface area contributed by atoms with Crippen molar-refractivity contribution in [1.29, 1.82) is 0 Å². The first-order chi connectivity index (χ1) is 18.2. The Labute approximate surface area is 225 Å². The molecule has 196 valence electrons. The first-order valence-corrected chi connectivity index (χ1v) is 12.9. The standard InChI is InChI=1S/C28H29ClN6O3/c1-28(2,3)38-27(37)34-14-6-7-20(17-34)35-25-21(15-30-16-22(25)29)24(33-35)18-9-11-19(12-10-18)26(36)32-23-8-4-5-13-31-23/h4-5,8-13,15-16,20H,6-7,14,17H2,1-3H3,(H,31,32,36)/t20-/m1/s1. The van der Waals surface area contributed by atoms with E-state index in [0.717, 1.165) is 29.3 Å². The molecule has 0 radical (unpaired) electrons. The number of hydrogen-bond donors (Lipinski definition) is 1. The van der Waals surface area contributed by atoms with Gasteiger partial charge in [0.1, 0.15) is 17.1 Å². The number of rotatable bonds is 4. The molecule has 1 aromatic carbocycles. The number of aromatic nitrogens is 4. The molecule has 4 aromatic rings.